The van der Waals surface area contributed by atoms with Crippen LogP contribution in [0.15, 0.2) is 36.4 Å². The van der Waals surface area contributed by atoms with Crippen LogP contribution in [0.1, 0.15) is 35.1 Å². The lowest BCUT2D eigenvalue weighted by Crippen LogP contribution is -2.37. The van der Waals surface area contributed by atoms with E-state index in [0.717, 1.165) is 38.3 Å². The Morgan fingerprint density at radius 1 is 1.19 bits per heavy atom. The van der Waals surface area contributed by atoms with Crippen LogP contribution < -0.4 is 5.32 Å². The first-order chi connectivity index (χ1) is 13.1. The highest BCUT2D eigenvalue weighted by molar-refractivity contribution is 5.92. The Hall–Kier alpha value is -2.67. The molecule has 7 nitrogen and oxygen atoms in total. The Morgan fingerprint density at radius 3 is 2.78 bits per heavy atom. The van der Waals surface area contributed by atoms with Gasteiger partial charge >= 0.3 is 0 Å². The van der Waals surface area contributed by atoms with Gasteiger partial charge in [-0.3, -0.25) is 19.2 Å². The standard InChI is InChI=1S/C20H25N5O2/c1-15(26)21-17-7-8-24(13-17)20(27)19-11-18-14-23(9-10-25(18)22-19)12-16-5-3-2-4-6-16/h2-6,11,17H,7-10,12-14H2,1H3,(H,21,26). The van der Waals surface area contributed by atoms with Crippen molar-refractivity contribution in [2.75, 3.05) is 19.6 Å². The highest BCUT2D eigenvalue weighted by Gasteiger charge is 2.30. The number of benzene rings is 1. The van der Waals surface area contributed by atoms with E-state index in [1.165, 1.54) is 12.5 Å². The molecule has 0 radical (unpaired) electrons. The number of nitrogens with zero attached hydrogens (tertiary/aromatic N) is 4. The molecule has 0 bridgehead atoms. The number of carbonyl (C=O) groups is 2. The van der Waals surface area contributed by atoms with Gasteiger partial charge in [0, 0.05) is 45.7 Å². The van der Waals surface area contributed by atoms with Crippen LogP contribution in [0.2, 0.25) is 0 Å². The van der Waals surface area contributed by atoms with Crippen LogP contribution in [-0.2, 0) is 24.4 Å². The number of nitrogens with one attached hydrogen (secondary N) is 1. The third-order valence-corrected chi connectivity index (χ3v) is 5.23. The number of amides is 2. The Morgan fingerprint density at radius 2 is 2.00 bits per heavy atom. The maximum absolute atomic E-state index is 12.8. The molecular formula is C20H25N5O2. The highest BCUT2D eigenvalue weighted by Crippen LogP contribution is 2.19. The largest absolute Gasteiger partial charge is 0.352 e. The van der Waals surface area contributed by atoms with E-state index in [2.05, 4.69) is 39.6 Å². The average Bonchev–Trinajstić information content (AvgIpc) is 3.28. The molecule has 0 saturated carbocycles. The summed E-state index contributed by atoms with van der Waals surface area (Å²) in [5.41, 5.74) is 2.89. The van der Waals surface area contributed by atoms with E-state index >= 15 is 0 Å². The van der Waals surface area contributed by atoms with Gasteiger partial charge in [0.05, 0.1) is 12.2 Å². The highest BCUT2D eigenvalue weighted by atomic mass is 16.2. The topological polar surface area (TPSA) is 70.5 Å². The van der Waals surface area contributed by atoms with E-state index in [-0.39, 0.29) is 17.9 Å². The van der Waals surface area contributed by atoms with Crippen molar-refractivity contribution in [2.24, 2.45) is 0 Å². The molecule has 1 saturated heterocycles. The van der Waals surface area contributed by atoms with Crippen molar-refractivity contribution in [3.63, 3.8) is 0 Å². The summed E-state index contributed by atoms with van der Waals surface area (Å²) in [5.74, 6) is -0.0929. The number of fused-ring (bicyclic) bond motifs is 1. The Labute approximate surface area is 158 Å². The molecule has 0 aliphatic carbocycles. The fraction of sp³-hybridized carbons (Fsp3) is 0.450. The van der Waals surface area contributed by atoms with Crippen molar-refractivity contribution in [1.82, 2.24) is 24.9 Å². The van der Waals surface area contributed by atoms with Gasteiger partial charge in [-0.05, 0) is 18.1 Å². The molecule has 1 aromatic heterocycles. The van der Waals surface area contributed by atoms with Gasteiger partial charge in [0.15, 0.2) is 5.69 Å². The Balaban J connectivity index is 1.39. The van der Waals surface area contributed by atoms with Crippen LogP contribution in [0.5, 0.6) is 0 Å². The van der Waals surface area contributed by atoms with Gasteiger partial charge in [-0.1, -0.05) is 30.3 Å². The van der Waals surface area contributed by atoms with Crippen LogP contribution in [0.4, 0.5) is 0 Å². The predicted molar refractivity (Wildman–Crippen MR) is 101 cm³/mol. The molecule has 7 heteroatoms. The Bertz CT molecular complexity index is 832. The number of hydrogen-bond acceptors (Lipinski definition) is 4. The lowest BCUT2D eigenvalue weighted by molar-refractivity contribution is -0.119. The summed E-state index contributed by atoms with van der Waals surface area (Å²) in [5, 5.41) is 7.43. The second-order valence-corrected chi connectivity index (χ2v) is 7.38. The number of hydrogen-bond donors (Lipinski definition) is 1. The molecule has 0 spiro atoms. The smallest absolute Gasteiger partial charge is 0.274 e. The maximum atomic E-state index is 12.8. The molecule has 142 valence electrons. The summed E-state index contributed by atoms with van der Waals surface area (Å²) in [6.07, 6.45) is 0.795. The SMILES string of the molecule is CC(=O)NC1CCN(C(=O)c2cc3n(n2)CCN(Cc2ccccc2)C3)C1. The molecule has 4 rings (SSSR count). The predicted octanol–water partition coefficient (Wildman–Crippen LogP) is 1.25. The minimum atomic E-state index is -0.0507. The van der Waals surface area contributed by atoms with Crippen molar-refractivity contribution in [3.05, 3.63) is 53.3 Å². The molecule has 27 heavy (non-hydrogen) atoms. The first kappa shape index (κ1) is 17.7. The minimum Gasteiger partial charge on any atom is -0.352 e. The summed E-state index contributed by atoms with van der Waals surface area (Å²) >= 11 is 0. The normalized spacial score (nSPS) is 19.7. The number of rotatable bonds is 4. The van der Waals surface area contributed by atoms with Crippen molar-refractivity contribution in [2.45, 2.75) is 39.0 Å². The van der Waals surface area contributed by atoms with Gasteiger partial charge in [0.25, 0.3) is 5.91 Å². The number of likely N-dealkylation sites (tertiary alicyclic amines) is 1. The molecule has 1 fully saturated rings. The van der Waals surface area contributed by atoms with Crippen LogP contribution in [-0.4, -0.2) is 57.1 Å². The molecule has 1 N–H and O–H groups in total. The van der Waals surface area contributed by atoms with E-state index in [9.17, 15) is 9.59 Å². The number of aromatic nitrogens is 2. The summed E-state index contributed by atoms with van der Waals surface area (Å²) < 4.78 is 1.95. The quantitative estimate of drug-likeness (QED) is 0.883. The summed E-state index contributed by atoms with van der Waals surface area (Å²) in [7, 11) is 0. The van der Waals surface area contributed by atoms with Crippen molar-refractivity contribution < 1.29 is 9.59 Å². The van der Waals surface area contributed by atoms with Crippen LogP contribution in [0, 0.1) is 0 Å². The zero-order valence-electron chi connectivity index (χ0n) is 15.6. The van der Waals surface area contributed by atoms with Gasteiger partial charge in [0.2, 0.25) is 5.91 Å². The molecular weight excluding hydrogens is 342 g/mol. The molecule has 2 aromatic rings. The minimum absolute atomic E-state index is 0.0423. The molecule has 2 aliphatic rings. The van der Waals surface area contributed by atoms with Crippen LogP contribution >= 0.6 is 0 Å². The van der Waals surface area contributed by atoms with Gasteiger partial charge in [-0.25, -0.2) is 0 Å². The summed E-state index contributed by atoms with van der Waals surface area (Å²) in [4.78, 5) is 28.2. The van der Waals surface area contributed by atoms with E-state index in [1.807, 2.05) is 16.8 Å². The molecule has 2 amide bonds. The fourth-order valence-electron chi connectivity index (χ4n) is 3.91. The van der Waals surface area contributed by atoms with Gasteiger partial charge in [-0.15, -0.1) is 0 Å². The average molecular weight is 367 g/mol. The van der Waals surface area contributed by atoms with Gasteiger partial charge in [-0.2, -0.15) is 5.10 Å². The van der Waals surface area contributed by atoms with E-state index in [1.54, 1.807) is 4.90 Å². The van der Waals surface area contributed by atoms with Crippen molar-refractivity contribution in [1.29, 1.82) is 0 Å². The lowest BCUT2D eigenvalue weighted by atomic mass is 10.2. The van der Waals surface area contributed by atoms with Crippen LogP contribution in [0.25, 0.3) is 0 Å². The van der Waals surface area contributed by atoms with Crippen molar-refractivity contribution in [3.8, 4) is 0 Å². The third-order valence-electron chi connectivity index (χ3n) is 5.23. The monoisotopic (exact) mass is 367 g/mol. The van der Waals surface area contributed by atoms with Crippen molar-refractivity contribution >= 4 is 11.8 Å². The lowest BCUT2D eigenvalue weighted by Gasteiger charge is -2.27. The second kappa shape index (κ2) is 7.52. The first-order valence-corrected chi connectivity index (χ1v) is 9.48. The molecule has 1 aromatic carbocycles. The van der Waals surface area contributed by atoms with E-state index in [4.69, 9.17) is 0 Å². The van der Waals surface area contributed by atoms with Gasteiger partial charge < -0.3 is 10.2 Å². The molecule has 1 unspecified atom stereocenters. The molecule has 1 atom stereocenters. The zero-order valence-corrected chi connectivity index (χ0v) is 15.6. The fourth-order valence-corrected chi connectivity index (χ4v) is 3.91. The van der Waals surface area contributed by atoms with E-state index < -0.39 is 0 Å². The Kier molecular flexibility index (Phi) is 4.94. The maximum Gasteiger partial charge on any atom is 0.274 e. The van der Waals surface area contributed by atoms with Crippen LogP contribution in [0.3, 0.4) is 0 Å². The number of carbonyl (C=O) groups excluding carboxylic acids is 2. The first-order valence-electron chi connectivity index (χ1n) is 9.48. The zero-order chi connectivity index (χ0) is 18.8. The van der Waals surface area contributed by atoms with E-state index in [0.29, 0.717) is 18.8 Å². The van der Waals surface area contributed by atoms with Gasteiger partial charge in [0.1, 0.15) is 0 Å². The molecule has 3 heterocycles. The second-order valence-electron chi connectivity index (χ2n) is 7.38. The molecule has 2 aliphatic heterocycles. The summed E-state index contributed by atoms with van der Waals surface area (Å²) in [6.45, 7) is 6.14. The third kappa shape index (κ3) is 4.03. The summed E-state index contributed by atoms with van der Waals surface area (Å²) in [6, 6.07) is 12.4.